The maximum Gasteiger partial charge on any atom is 0.363 e. The molecule has 0 atom stereocenters. The van der Waals surface area contributed by atoms with E-state index in [1.807, 2.05) is 54.6 Å². The van der Waals surface area contributed by atoms with Gasteiger partial charge in [-0.1, -0.05) is 60.1 Å². The third-order valence-electron chi connectivity index (χ3n) is 4.29. The number of nitrogens with zero attached hydrogens (tertiary/aromatic N) is 1. The highest BCUT2D eigenvalue weighted by Gasteiger charge is 2.25. The van der Waals surface area contributed by atoms with Gasteiger partial charge in [0.1, 0.15) is 24.7 Å². The summed E-state index contributed by atoms with van der Waals surface area (Å²) in [5.74, 6) is 1.06. The second-order valence-corrected chi connectivity index (χ2v) is 6.77. The summed E-state index contributed by atoms with van der Waals surface area (Å²) >= 11 is 6.18. The normalized spacial score (nSPS) is 14.4. The van der Waals surface area contributed by atoms with Crippen molar-refractivity contribution in [2.75, 3.05) is 13.2 Å². The first-order chi connectivity index (χ1) is 14.7. The van der Waals surface area contributed by atoms with Crippen LogP contribution < -0.4 is 9.47 Å². The number of carbonyl (C=O) groups excluding carboxylic acids is 1. The first kappa shape index (κ1) is 19.7. The predicted octanol–water partition coefficient (Wildman–Crippen LogP) is 5.14. The topological polar surface area (TPSA) is 57.1 Å². The van der Waals surface area contributed by atoms with Crippen LogP contribution in [-0.2, 0) is 9.53 Å². The molecule has 1 aliphatic heterocycles. The van der Waals surface area contributed by atoms with Crippen molar-refractivity contribution in [3.8, 4) is 11.5 Å². The summed E-state index contributed by atoms with van der Waals surface area (Å²) in [7, 11) is 0. The van der Waals surface area contributed by atoms with Crippen LogP contribution in [0.25, 0.3) is 6.08 Å². The standard InChI is InChI=1S/C24H18ClNO4/c25-20-12-6-5-11-19(20)23-26-21(24(27)30-23)16-17-8-4-7-13-22(17)29-15-14-28-18-9-2-1-3-10-18/h1-13,16H,14-15H2. The van der Waals surface area contributed by atoms with Crippen LogP contribution in [0.15, 0.2) is 89.6 Å². The van der Waals surface area contributed by atoms with Gasteiger partial charge >= 0.3 is 5.97 Å². The summed E-state index contributed by atoms with van der Waals surface area (Å²) in [6.45, 7) is 0.749. The Morgan fingerprint density at radius 1 is 0.867 bits per heavy atom. The molecule has 5 nitrogen and oxygen atoms in total. The number of aliphatic imine (C=N–C) groups is 1. The molecule has 0 aromatic heterocycles. The Morgan fingerprint density at radius 2 is 1.57 bits per heavy atom. The van der Waals surface area contributed by atoms with Gasteiger partial charge in [0, 0.05) is 5.56 Å². The number of para-hydroxylation sites is 2. The van der Waals surface area contributed by atoms with E-state index in [-0.39, 0.29) is 11.6 Å². The highest BCUT2D eigenvalue weighted by atomic mass is 35.5. The van der Waals surface area contributed by atoms with Crippen molar-refractivity contribution >= 4 is 29.5 Å². The molecule has 4 rings (SSSR count). The highest BCUT2D eigenvalue weighted by molar-refractivity contribution is 6.34. The van der Waals surface area contributed by atoms with Gasteiger partial charge in [-0.3, -0.25) is 0 Å². The van der Waals surface area contributed by atoms with E-state index in [4.69, 9.17) is 25.8 Å². The average molecular weight is 420 g/mol. The fourth-order valence-corrected chi connectivity index (χ4v) is 3.08. The van der Waals surface area contributed by atoms with Gasteiger partial charge in [-0.2, -0.15) is 0 Å². The minimum Gasteiger partial charge on any atom is -0.490 e. The molecule has 1 aliphatic rings. The molecule has 0 spiro atoms. The van der Waals surface area contributed by atoms with E-state index in [0.29, 0.717) is 35.1 Å². The zero-order chi connectivity index (χ0) is 20.8. The molecule has 0 unspecified atom stereocenters. The van der Waals surface area contributed by atoms with Crippen molar-refractivity contribution < 1.29 is 19.0 Å². The Balaban J connectivity index is 1.47. The van der Waals surface area contributed by atoms with E-state index >= 15 is 0 Å². The lowest BCUT2D eigenvalue weighted by Crippen LogP contribution is -2.09. The molecule has 0 aliphatic carbocycles. The van der Waals surface area contributed by atoms with Crippen LogP contribution in [0.4, 0.5) is 0 Å². The van der Waals surface area contributed by atoms with Crippen molar-refractivity contribution in [1.82, 2.24) is 0 Å². The summed E-state index contributed by atoms with van der Waals surface area (Å²) in [5, 5.41) is 0.465. The van der Waals surface area contributed by atoms with Gasteiger partial charge in [-0.05, 0) is 36.4 Å². The van der Waals surface area contributed by atoms with Crippen molar-refractivity contribution in [2.45, 2.75) is 0 Å². The molecule has 6 heteroatoms. The molecule has 1 heterocycles. The summed E-state index contributed by atoms with van der Waals surface area (Å²) in [5.41, 5.74) is 1.47. The maximum atomic E-state index is 12.3. The van der Waals surface area contributed by atoms with Crippen molar-refractivity contribution in [3.05, 3.63) is 101 Å². The largest absolute Gasteiger partial charge is 0.490 e. The van der Waals surface area contributed by atoms with Crippen LogP contribution in [0.1, 0.15) is 11.1 Å². The molecule has 3 aromatic rings. The number of cyclic esters (lactones) is 1. The van der Waals surface area contributed by atoms with Crippen molar-refractivity contribution in [3.63, 3.8) is 0 Å². The fraction of sp³-hybridized carbons (Fsp3) is 0.0833. The molecule has 0 bridgehead atoms. The number of halogens is 1. The Kier molecular flexibility index (Phi) is 6.11. The van der Waals surface area contributed by atoms with Crippen molar-refractivity contribution in [1.29, 1.82) is 0 Å². The van der Waals surface area contributed by atoms with Gasteiger partial charge in [0.25, 0.3) is 0 Å². The molecular formula is C24H18ClNO4. The molecule has 0 saturated heterocycles. The second kappa shape index (κ2) is 9.29. The van der Waals surface area contributed by atoms with Crippen LogP contribution in [-0.4, -0.2) is 25.1 Å². The average Bonchev–Trinajstić information content (AvgIpc) is 3.13. The smallest absolute Gasteiger partial charge is 0.363 e. The minimum absolute atomic E-state index is 0.182. The minimum atomic E-state index is -0.535. The maximum absolute atomic E-state index is 12.3. The quantitative estimate of drug-likeness (QED) is 0.302. The lowest BCUT2D eigenvalue weighted by atomic mass is 10.1. The van der Waals surface area contributed by atoms with Gasteiger partial charge < -0.3 is 14.2 Å². The predicted molar refractivity (Wildman–Crippen MR) is 116 cm³/mol. The molecule has 0 fully saturated rings. The number of hydrogen-bond donors (Lipinski definition) is 0. The number of esters is 1. The van der Waals surface area contributed by atoms with Crippen LogP contribution >= 0.6 is 11.6 Å². The number of ether oxygens (including phenoxy) is 3. The molecule has 0 N–H and O–H groups in total. The zero-order valence-electron chi connectivity index (χ0n) is 16.0. The zero-order valence-corrected chi connectivity index (χ0v) is 16.7. The van der Waals surface area contributed by atoms with E-state index in [1.165, 1.54) is 0 Å². The Hall–Kier alpha value is -3.57. The van der Waals surface area contributed by atoms with Gasteiger partial charge in [-0.15, -0.1) is 0 Å². The number of carbonyl (C=O) groups is 1. The number of hydrogen-bond acceptors (Lipinski definition) is 5. The molecule has 0 saturated carbocycles. The molecule has 30 heavy (non-hydrogen) atoms. The van der Waals surface area contributed by atoms with Crippen LogP contribution in [0, 0.1) is 0 Å². The third-order valence-corrected chi connectivity index (χ3v) is 4.62. The first-order valence-electron chi connectivity index (χ1n) is 9.38. The van der Waals surface area contributed by atoms with E-state index < -0.39 is 5.97 Å². The Morgan fingerprint density at radius 3 is 2.40 bits per heavy atom. The van der Waals surface area contributed by atoms with Crippen molar-refractivity contribution in [2.24, 2.45) is 4.99 Å². The number of benzene rings is 3. The van der Waals surface area contributed by atoms with Gasteiger partial charge in [0.15, 0.2) is 5.70 Å². The van der Waals surface area contributed by atoms with Crippen LogP contribution in [0.3, 0.4) is 0 Å². The SMILES string of the molecule is O=C1OC(c2ccccc2Cl)=NC1=Cc1ccccc1OCCOc1ccccc1. The summed E-state index contributed by atoms with van der Waals surface area (Å²) in [4.78, 5) is 16.6. The molecule has 0 radical (unpaired) electrons. The Bertz CT molecular complexity index is 1110. The number of rotatable bonds is 7. The molecule has 3 aromatic carbocycles. The van der Waals surface area contributed by atoms with E-state index in [1.54, 1.807) is 30.3 Å². The second-order valence-electron chi connectivity index (χ2n) is 6.36. The molecular weight excluding hydrogens is 402 g/mol. The van der Waals surface area contributed by atoms with E-state index in [9.17, 15) is 4.79 Å². The Labute approximate surface area is 179 Å². The van der Waals surface area contributed by atoms with Gasteiger partial charge in [0.2, 0.25) is 5.90 Å². The monoisotopic (exact) mass is 419 g/mol. The third kappa shape index (κ3) is 4.70. The van der Waals surface area contributed by atoms with Gasteiger partial charge in [0.05, 0.1) is 10.6 Å². The summed E-state index contributed by atoms with van der Waals surface area (Å²) < 4.78 is 16.8. The van der Waals surface area contributed by atoms with Gasteiger partial charge in [-0.25, -0.2) is 9.79 Å². The molecule has 0 amide bonds. The fourth-order valence-electron chi connectivity index (χ4n) is 2.87. The molecule has 150 valence electrons. The lowest BCUT2D eigenvalue weighted by Gasteiger charge is -2.10. The van der Waals surface area contributed by atoms with Crippen LogP contribution in [0.5, 0.6) is 11.5 Å². The first-order valence-corrected chi connectivity index (χ1v) is 9.75. The van der Waals surface area contributed by atoms with E-state index in [0.717, 1.165) is 5.75 Å². The van der Waals surface area contributed by atoms with E-state index in [2.05, 4.69) is 4.99 Å². The summed E-state index contributed by atoms with van der Waals surface area (Å²) in [6.07, 6.45) is 1.64. The summed E-state index contributed by atoms with van der Waals surface area (Å²) in [6, 6.07) is 24.0. The lowest BCUT2D eigenvalue weighted by molar-refractivity contribution is -0.129. The highest BCUT2D eigenvalue weighted by Crippen LogP contribution is 2.26. The van der Waals surface area contributed by atoms with Crippen LogP contribution in [0.2, 0.25) is 5.02 Å².